The van der Waals surface area contributed by atoms with Crippen molar-refractivity contribution in [2.24, 2.45) is 5.84 Å². The molecular weight excluding hydrogens is 232 g/mol. The predicted octanol–water partition coefficient (Wildman–Crippen LogP) is 0.537. The normalized spacial score (nSPS) is 19.7. The molecule has 6 heteroatoms. The van der Waals surface area contributed by atoms with Crippen LogP contribution in [0.1, 0.15) is 23.0 Å². The summed E-state index contributed by atoms with van der Waals surface area (Å²) in [6.45, 7) is 5.62. The molecule has 1 unspecified atom stereocenters. The van der Waals surface area contributed by atoms with E-state index in [0.29, 0.717) is 31.1 Å². The summed E-state index contributed by atoms with van der Waals surface area (Å²) < 4.78 is 5.42. The highest BCUT2D eigenvalue weighted by Gasteiger charge is 2.22. The van der Waals surface area contributed by atoms with Crippen LogP contribution in [0.5, 0.6) is 0 Å². The Kier molecular flexibility index (Phi) is 3.78. The molecule has 2 heterocycles. The van der Waals surface area contributed by atoms with Gasteiger partial charge < -0.3 is 15.1 Å². The van der Waals surface area contributed by atoms with Crippen LogP contribution in [0.15, 0.2) is 12.1 Å². The number of rotatable bonds is 2. The number of hydrogen-bond acceptors (Lipinski definition) is 5. The van der Waals surface area contributed by atoms with E-state index >= 15 is 0 Å². The summed E-state index contributed by atoms with van der Waals surface area (Å²) in [5.74, 6) is 5.82. The summed E-state index contributed by atoms with van der Waals surface area (Å²) >= 11 is 0. The van der Waals surface area contributed by atoms with Crippen molar-refractivity contribution in [3.05, 3.63) is 23.4 Å². The lowest BCUT2D eigenvalue weighted by molar-refractivity contribution is -0.0124. The van der Waals surface area contributed by atoms with Crippen LogP contribution in [0.2, 0.25) is 0 Å². The average molecular weight is 250 g/mol. The molecule has 0 radical (unpaired) electrons. The molecule has 1 aliphatic rings. The maximum Gasteiger partial charge on any atom is 0.254 e. The van der Waals surface area contributed by atoms with E-state index in [2.05, 4.69) is 10.4 Å². The lowest BCUT2D eigenvalue weighted by Crippen LogP contribution is -2.44. The highest BCUT2D eigenvalue weighted by Crippen LogP contribution is 2.14. The molecule has 98 valence electrons. The van der Waals surface area contributed by atoms with Gasteiger partial charge in [0.25, 0.3) is 5.91 Å². The van der Waals surface area contributed by atoms with Gasteiger partial charge >= 0.3 is 0 Å². The molecule has 18 heavy (non-hydrogen) atoms. The predicted molar refractivity (Wildman–Crippen MR) is 68.1 cm³/mol. The van der Waals surface area contributed by atoms with E-state index in [9.17, 15) is 4.79 Å². The standard InChI is InChI=1S/C12H18N4O2/c1-8-5-10(6-11(14-8)15-13)12(17)16-3-4-18-9(2)7-16/h5-6,9H,3-4,7,13H2,1-2H3,(H,14,15). The van der Waals surface area contributed by atoms with Crippen LogP contribution in [-0.4, -0.2) is 41.6 Å². The van der Waals surface area contributed by atoms with Gasteiger partial charge in [0.1, 0.15) is 5.82 Å². The minimum Gasteiger partial charge on any atom is -0.375 e. The highest BCUT2D eigenvalue weighted by molar-refractivity contribution is 5.95. The van der Waals surface area contributed by atoms with Gasteiger partial charge in [-0.15, -0.1) is 0 Å². The van der Waals surface area contributed by atoms with E-state index in [1.807, 2.05) is 13.8 Å². The summed E-state index contributed by atoms with van der Waals surface area (Å²) in [5.41, 5.74) is 3.83. The zero-order chi connectivity index (χ0) is 13.1. The fourth-order valence-corrected chi connectivity index (χ4v) is 2.05. The van der Waals surface area contributed by atoms with Gasteiger partial charge in [-0.3, -0.25) is 4.79 Å². The number of anilines is 1. The third-order valence-electron chi connectivity index (χ3n) is 2.88. The summed E-state index contributed by atoms with van der Waals surface area (Å²) in [7, 11) is 0. The average Bonchev–Trinajstić information content (AvgIpc) is 2.37. The zero-order valence-electron chi connectivity index (χ0n) is 10.6. The first-order chi connectivity index (χ1) is 8.60. The Morgan fingerprint density at radius 1 is 1.61 bits per heavy atom. The fourth-order valence-electron chi connectivity index (χ4n) is 2.05. The molecule has 1 fully saturated rings. The first kappa shape index (κ1) is 12.8. The van der Waals surface area contributed by atoms with Crippen molar-refractivity contribution in [2.45, 2.75) is 20.0 Å². The largest absolute Gasteiger partial charge is 0.375 e. The number of nitrogen functional groups attached to an aromatic ring is 1. The van der Waals surface area contributed by atoms with Crippen LogP contribution in [-0.2, 0) is 4.74 Å². The van der Waals surface area contributed by atoms with Crippen molar-refractivity contribution in [1.82, 2.24) is 9.88 Å². The third kappa shape index (κ3) is 2.77. The third-order valence-corrected chi connectivity index (χ3v) is 2.88. The Morgan fingerprint density at radius 3 is 3.06 bits per heavy atom. The van der Waals surface area contributed by atoms with Gasteiger partial charge in [-0.2, -0.15) is 0 Å². The molecule has 0 bridgehead atoms. The summed E-state index contributed by atoms with van der Waals surface area (Å²) in [6, 6.07) is 3.43. The van der Waals surface area contributed by atoms with E-state index in [-0.39, 0.29) is 12.0 Å². The zero-order valence-corrected chi connectivity index (χ0v) is 10.6. The Hall–Kier alpha value is -1.66. The molecule has 1 aromatic rings. The molecule has 1 saturated heterocycles. The second-order valence-electron chi connectivity index (χ2n) is 4.46. The van der Waals surface area contributed by atoms with Crippen LogP contribution < -0.4 is 11.3 Å². The van der Waals surface area contributed by atoms with Crippen molar-refractivity contribution < 1.29 is 9.53 Å². The molecule has 6 nitrogen and oxygen atoms in total. The van der Waals surface area contributed by atoms with Gasteiger partial charge in [0.15, 0.2) is 0 Å². The van der Waals surface area contributed by atoms with E-state index in [1.165, 1.54) is 0 Å². The minimum absolute atomic E-state index is 0.00727. The van der Waals surface area contributed by atoms with Gasteiger partial charge in [-0.25, -0.2) is 10.8 Å². The topological polar surface area (TPSA) is 80.5 Å². The second kappa shape index (κ2) is 5.32. The lowest BCUT2D eigenvalue weighted by Gasteiger charge is -2.31. The molecule has 1 aromatic heterocycles. The first-order valence-electron chi connectivity index (χ1n) is 5.96. The molecular formula is C12H18N4O2. The van der Waals surface area contributed by atoms with Crippen LogP contribution >= 0.6 is 0 Å². The maximum absolute atomic E-state index is 12.3. The number of hydrazine groups is 1. The number of carbonyl (C=O) groups is 1. The van der Waals surface area contributed by atoms with Gasteiger partial charge in [0.2, 0.25) is 0 Å². The minimum atomic E-state index is -0.00727. The number of hydrogen-bond donors (Lipinski definition) is 2. The SMILES string of the molecule is Cc1cc(C(=O)N2CCOC(C)C2)cc(NN)n1. The summed E-state index contributed by atoms with van der Waals surface area (Å²) in [6.07, 6.45) is 0.0812. The van der Waals surface area contributed by atoms with Crippen LogP contribution in [0.25, 0.3) is 0 Å². The number of nitrogens with one attached hydrogen (secondary N) is 1. The molecule has 1 amide bonds. The Balaban J connectivity index is 2.19. The maximum atomic E-state index is 12.3. The molecule has 0 saturated carbocycles. The quantitative estimate of drug-likeness (QED) is 0.591. The molecule has 1 aliphatic heterocycles. The van der Waals surface area contributed by atoms with Crippen molar-refractivity contribution >= 4 is 11.7 Å². The first-order valence-corrected chi connectivity index (χ1v) is 5.96. The van der Waals surface area contributed by atoms with Gasteiger partial charge in [-0.05, 0) is 26.0 Å². The van der Waals surface area contributed by atoms with Crippen molar-refractivity contribution in [3.63, 3.8) is 0 Å². The fraction of sp³-hybridized carbons (Fsp3) is 0.500. The highest BCUT2D eigenvalue weighted by atomic mass is 16.5. The van der Waals surface area contributed by atoms with E-state index in [1.54, 1.807) is 17.0 Å². The number of morpholine rings is 1. The van der Waals surface area contributed by atoms with Crippen LogP contribution in [0, 0.1) is 6.92 Å². The number of nitrogens with two attached hydrogens (primary N) is 1. The number of aromatic nitrogens is 1. The molecule has 0 aromatic carbocycles. The molecule has 0 spiro atoms. The molecule has 0 aliphatic carbocycles. The smallest absolute Gasteiger partial charge is 0.254 e. The molecule has 3 N–H and O–H groups in total. The van der Waals surface area contributed by atoms with Crippen molar-refractivity contribution in [2.75, 3.05) is 25.1 Å². The number of amides is 1. The number of nitrogens with zero attached hydrogens (tertiary/aromatic N) is 2. The van der Waals surface area contributed by atoms with Gasteiger partial charge in [-0.1, -0.05) is 0 Å². The molecule has 2 rings (SSSR count). The number of pyridine rings is 1. The summed E-state index contributed by atoms with van der Waals surface area (Å²) in [4.78, 5) is 18.3. The monoisotopic (exact) mass is 250 g/mol. The van der Waals surface area contributed by atoms with Crippen molar-refractivity contribution in [3.8, 4) is 0 Å². The Labute approximate surface area is 106 Å². The molecule has 1 atom stereocenters. The van der Waals surface area contributed by atoms with Crippen LogP contribution in [0.4, 0.5) is 5.82 Å². The second-order valence-corrected chi connectivity index (χ2v) is 4.46. The number of ether oxygens (including phenoxy) is 1. The van der Waals surface area contributed by atoms with E-state index in [0.717, 1.165) is 5.69 Å². The van der Waals surface area contributed by atoms with Gasteiger partial charge in [0, 0.05) is 24.3 Å². The van der Waals surface area contributed by atoms with Crippen LogP contribution in [0.3, 0.4) is 0 Å². The number of aryl methyl sites for hydroxylation is 1. The van der Waals surface area contributed by atoms with Gasteiger partial charge in [0.05, 0.1) is 12.7 Å². The lowest BCUT2D eigenvalue weighted by atomic mass is 10.1. The van der Waals surface area contributed by atoms with E-state index < -0.39 is 0 Å². The summed E-state index contributed by atoms with van der Waals surface area (Å²) in [5, 5.41) is 0. The van der Waals surface area contributed by atoms with Crippen molar-refractivity contribution in [1.29, 1.82) is 0 Å². The Morgan fingerprint density at radius 2 is 2.39 bits per heavy atom. The number of carbonyl (C=O) groups excluding carboxylic acids is 1. The van der Waals surface area contributed by atoms with E-state index in [4.69, 9.17) is 10.6 Å². The Bertz CT molecular complexity index is 450.